The van der Waals surface area contributed by atoms with Crippen molar-refractivity contribution >= 4 is 39.0 Å². The summed E-state index contributed by atoms with van der Waals surface area (Å²) in [5.41, 5.74) is 8.21. The lowest BCUT2D eigenvalue weighted by Crippen LogP contribution is -2.75. The fraction of sp³-hybridized carbons (Fsp3) is 0.444. The van der Waals surface area contributed by atoms with Crippen LogP contribution >= 0.6 is 18.9 Å². The first-order valence-electron chi connectivity index (χ1n) is 14.0. The molecule has 2 aromatic carbocycles. The zero-order valence-electron chi connectivity index (χ0n) is 23.8. The van der Waals surface area contributed by atoms with Gasteiger partial charge in [-0.05, 0) is 47.3 Å². The van der Waals surface area contributed by atoms with Crippen LogP contribution < -0.4 is 18.9 Å². The van der Waals surface area contributed by atoms with Gasteiger partial charge in [-0.3, -0.25) is 4.57 Å². The third-order valence-electron chi connectivity index (χ3n) is 8.42. The van der Waals surface area contributed by atoms with Gasteiger partial charge in [0, 0.05) is 28.6 Å². The number of fused-ring (bicyclic) bond motifs is 4. The van der Waals surface area contributed by atoms with Gasteiger partial charge in [0.25, 0.3) is 10.0 Å². The van der Waals surface area contributed by atoms with Crippen molar-refractivity contribution in [3.8, 4) is 17.6 Å². The first-order valence-corrected chi connectivity index (χ1v) is 18.1. The lowest BCUT2D eigenvalue weighted by Gasteiger charge is -2.55. The largest absolute Gasteiger partial charge is 0.768 e. The molecule has 44 heavy (non-hydrogen) atoms. The molecular formula is C27H32FN7O6PS2+. The Hall–Kier alpha value is -3.25. The molecule has 0 spiro atoms. The van der Waals surface area contributed by atoms with Crippen LogP contribution in [0.4, 0.5) is 4.39 Å². The lowest BCUT2D eigenvalue weighted by molar-refractivity contribution is -1.08. The summed E-state index contributed by atoms with van der Waals surface area (Å²) >= 11 is 0.989. The van der Waals surface area contributed by atoms with Crippen molar-refractivity contribution in [2.45, 2.75) is 10.6 Å². The van der Waals surface area contributed by atoms with E-state index in [1.807, 2.05) is 4.72 Å². The number of sulfonamides is 1. The molecule has 0 saturated carbocycles. The molecule has 3 saturated heterocycles. The van der Waals surface area contributed by atoms with E-state index in [0.717, 1.165) is 97.3 Å². The Balaban J connectivity index is 1.14. The summed E-state index contributed by atoms with van der Waals surface area (Å²) in [6, 6.07) is 11.3. The fourth-order valence-corrected chi connectivity index (χ4v) is 9.68. The zero-order valence-corrected chi connectivity index (χ0v) is 26.3. The van der Waals surface area contributed by atoms with E-state index in [2.05, 4.69) is 10.0 Å². The van der Waals surface area contributed by atoms with Crippen LogP contribution in [0.2, 0.25) is 0 Å². The van der Waals surface area contributed by atoms with E-state index in [9.17, 15) is 22.3 Å². The number of halogens is 1. The van der Waals surface area contributed by atoms with Gasteiger partial charge < -0.3 is 23.1 Å². The summed E-state index contributed by atoms with van der Waals surface area (Å²) < 4.78 is 67.6. The van der Waals surface area contributed by atoms with Gasteiger partial charge in [0.1, 0.15) is 80.0 Å². The van der Waals surface area contributed by atoms with E-state index < -0.39 is 29.7 Å². The number of ether oxygens (including phenoxy) is 1. The molecule has 1 unspecified atom stereocenters. The summed E-state index contributed by atoms with van der Waals surface area (Å²) in [5, 5.41) is 13.1. The maximum absolute atomic E-state index is 13.8. The van der Waals surface area contributed by atoms with Crippen LogP contribution in [0.25, 0.3) is 20.5 Å². The predicted octanol–water partition coefficient (Wildman–Crippen LogP) is 3.52. The first kappa shape index (κ1) is 32.2. The third-order valence-corrected chi connectivity index (χ3v) is 12.7. The van der Waals surface area contributed by atoms with Crippen LogP contribution in [0, 0.1) is 17.1 Å². The fourth-order valence-electron chi connectivity index (χ4n) is 5.78. The number of nitriles is 1. The maximum atomic E-state index is 13.8. The van der Waals surface area contributed by atoms with E-state index in [0.29, 0.717) is 29.0 Å². The molecule has 3 fully saturated rings. The van der Waals surface area contributed by atoms with Crippen LogP contribution in [0.1, 0.15) is 12.0 Å². The Labute approximate surface area is 258 Å². The molecule has 17 heteroatoms. The highest BCUT2D eigenvalue weighted by Gasteiger charge is 2.48. The summed E-state index contributed by atoms with van der Waals surface area (Å²) in [5.74, 6) is -0.706. The molecule has 3 aliphatic rings. The van der Waals surface area contributed by atoms with E-state index in [1.54, 1.807) is 24.3 Å². The second kappa shape index (κ2) is 13.0. The molecule has 1 aromatic heterocycles. The molecule has 3 aromatic rings. The second-order valence-electron chi connectivity index (χ2n) is 11.2. The number of benzene rings is 2. The number of hydrogen-bond donors (Lipinski definition) is 1. The van der Waals surface area contributed by atoms with Gasteiger partial charge in [0.15, 0.2) is 7.60 Å². The second-order valence-corrected chi connectivity index (χ2v) is 16.0. The summed E-state index contributed by atoms with van der Waals surface area (Å²) in [6.07, 6.45) is -0.136. The monoisotopic (exact) mass is 664 g/mol. The number of rotatable bonds is 14. The lowest BCUT2D eigenvalue weighted by atomic mass is 10.1. The Morgan fingerprint density at radius 3 is 2.43 bits per heavy atom. The molecule has 6 rings (SSSR count). The Morgan fingerprint density at radius 1 is 1.09 bits per heavy atom. The van der Waals surface area contributed by atoms with Crippen LogP contribution in [0.5, 0.6) is 11.5 Å². The third kappa shape index (κ3) is 7.51. The number of azide groups is 1. The number of nitrogens with zero attached hydrogens (tertiary/aromatic N) is 6. The van der Waals surface area contributed by atoms with Crippen molar-refractivity contribution in [3.05, 3.63) is 64.3 Å². The quantitative estimate of drug-likeness (QED) is 0.0684. The van der Waals surface area contributed by atoms with Gasteiger partial charge in [0.05, 0.1) is 18.4 Å². The molecule has 1 N–H and O–H groups in total. The van der Waals surface area contributed by atoms with E-state index in [-0.39, 0.29) is 15.5 Å². The number of thiophene rings is 1. The van der Waals surface area contributed by atoms with Gasteiger partial charge in [0.2, 0.25) is 0 Å². The van der Waals surface area contributed by atoms with E-state index >= 15 is 0 Å². The van der Waals surface area contributed by atoms with Crippen LogP contribution in [0.15, 0.2) is 51.8 Å². The van der Waals surface area contributed by atoms with Gasteiger partial charge in [-0.15, -0.1) is 11.3 Å². The smallest absolute Gasteiger partial charge is 0.250 e. The van der Waals surface area contributed by atoms with Gasteiger partial charge in [-0.25, -0.2) is 17.5 Å². The van der Waals surface area contributed by atoms with Crippen LogP contribution in [-0.4, -0.2) is 89.2 Å². The molecule has 4 heterocycles. The number of nitrogens with one attached hydrogen (secondary N) is 1. The normalized spacial score (nSPS) is 22.6. The molecule has 0 radical (unpaired) electrons. The number of piperazine rings is 3. The summed E-state index contributed by atoms with van der Waals surface area (Å²) in [6.45, 7) is 9.63. The summed E-state index contributed by atoms with van der Waals surface area (Å²) in [4.78, 5) is 15.2. The van der Waals surface area contributed by atoms with Gasteiger partial charge in [-0.1, -0.05) is 5.11 Å². The highest BCUT2D eigenvalue weighted by atomic mass is 32.2. The highest BCUT2D eigenvalue weighted by Crippen LogP contribution is 2.39. The van der Waals surface area contributed by atoms with Crippen molar-refractivity contribution in [2.24, 2.45) is 5.11 Å². The molecule has 2 bridgehead atoms. The Kier molecular flexibility index (Phi) is 9.50. The molecule has 234 valence electrons. The topological polar surface area (TPSA) is 177 Å². The Bertz CT molecular complexity index is 1770. The summed E-state index contributed by atoms with van der Waals surface area (Å²) in [7, 11) is -8.98. The van der Waals surface area contributed by atoms with Gasteiger partial charge >= 0.3 is 0 Å². The van der Waals surface area contributed by atoms with Gasteiger partial charge in [-0.2, -0.15) is 5.26 Å². The SMILES string of the molecule is N#Cc1ccc(OP(=O)([O-])CNS(=O)(=O)c2cc3cc(OCC[N+]45CC[N+](CCCN=[N+]=[N-])(CC4)CC5)ccc3s2)cc1F. The minimum absolute atomic E-state index is 0.0740. The van der Waals surface area contributed by atoms with E-state index in [1.165, 1.54) is 6.07 Å². The molecule has 3 aliphatic heterocycles. The number of quaternary nitrogens is 2. The van der Waals surface area contributed by atoms with E-state index in [4.69, 9.17) is 20.1 Å². The van der Waals surface area contributed by atoms with Crippen LogP contribution in [0.3, 0.4) is 0 Å². The minimum Gasteiger partial charge on any atom is -0.768 e. The predicted molar refractivity (Wildman–Crippen MR) is 160 cm³/mol. The van der Waals surface area contributed by atoms with Crippen LogP contribution in [-0.2, 0) is 14.6 Å². The highest BCUT2D eigenvalue weighted by molar-refractivity contribution is 7.92. The first-order chi connectivity index (χ1) is 21.0. The molecule has 13 nitrogen and oxygen atoms in total. The minimum atomic E-state index is -4.78. The maximum Gasteiger partial charge on any atom is 0.250 e. The Morgan fingerprint density at radius 2 is 1.77 bits per heavy atom. The van der Waals surface area contributed by atoms with Crippen molar-refractivity contribution in [2.75, 3.05) is 71.8 Å². The average Bonchev–Trinajstić information content (AvgIpc) is 3.44. The van der Waals surface area contributed by atoms with Crippen molar-refractivity contribution in [3.63, 3.8) is 0 Å². The number of hydrogen-bond acceptors (Lipinski definition) is 9. The average molecular weight is 665 g/mol. The molecule has 1 atom stereocenters. The standard InChI is InChI=1S/C27H32FN7O6PS2/c28-25-18-24(3-2-21(25)19-29)41-42(36,37)20-32-44(38,39)27-17-22-16-23(4-5-26(22)43-27)40-15-14-35-11-8-34(9-12-35,10-13-35)7-1-6-31-33-30/h2-5,16-18,32H,1,6-15,20H2/q+1. The molecule has 0 amide bonds. The zero-order chi connectivity index (χ0) is 31.4. The molecule has 0 aliphatic carbocycles. The molecular weight excluding hydrogens is 632 g/mol. The van der Waals surface area contributed by atoms with Crippen molar-refractivity contribution < 1.29 is 40.5 Å². The van der Waals surface area contributed by atoms with Crippen molar-refractivity contribution in [1.29, 1.82) is 5.26 Å². The van der Waals surface area contributed by atoms with Crippen molar-refractivity contribution in [1.82, 2.24) is 4.72 Å².